The number of halogens is 4. The third kappa shape index (κ3) is 4.97. The second-order valence-electron chi connectivity index (χ2n) is 9.11. The predicted molar refractivity (Wildman–Crippen MR) is 133 cm³/mol. The minimum Gasteiger partial charge on any atom is -0.441 e. The molecule has 0 saturated carbocycles. The number of nitrogens with zero attached hydrogens (tertiary/aromatic N) is 5. The second kappa shape index (κ2) is 9.78. The van der Waals surface area contributed by atoms with Crippen LogP contribution in [-0.4, -0.2) is 58.2 Å². The first-order chi connectivity index (χ1) is 18.0. The first-order valence-corrected chi connectivity index (χ1v) is 12.2. The standard InChI is InChI=1S/C24H23ClF3N7O3/c1-12(24(26,27)28)31-22(36)20-16(25)9-17-21(33-20)35(15-4-3-7-34(17)11-15)23(37)32-19-8-14(5-6-29-19)18-10-30-13(2)38-18/h5-6,8-10,12,15H,3-4,7,11H2,1-2H3,(H,31,36)(H,29,32,37)/t12?,15-/m0/s1. The van der Waals surface area contributed by atoms with E-state index >= 15 is 0 Å². The summed E-state index contributed by atoms with van der Waals surface area (Å²) >= 11 is 6.29. The molecule has 1 fully saturated rings. The molecule has 38 heavy (non-hydrogen) atoms. The Bertz CT molecular complexity index is 1400. The number of carbonyl (C=O) groups is 2. The van der Waals surface area contributed by atoms with Crippen molar-refractivity contribution in [2.24, 2.45) is 0 Å². The van der Waals surface area contributed by atoms with Crippen molar-refractivity contribution in [3.05, 3.63) is 47.2 Å². The van der Waals surface area contributed by atoms with Crippen LogP contribution < -0.4 is 20.4 Å². The van der Waals surface area contributed by atoms with E-state index in [-0.39, 0.29) is 22.7 Å². The van der Waals surface area contributed by atoms with E-state index in [0.717, 1.165) is 13.3 Å². The van der Waals surface area contributed by atoms with Crippen LogP contribution in [0.4, 0.5) is 35.3 Å². The average molecular weight is 550 g/mol. The third-order valence-electron chi connectivity index (χ3n) is 6.44. The van der Waals surface area contributed by atoms with Crippen molar-refractivity contribution in [3.8, 4) is 11.3 Å². The number of oxazole rings is 1. The Morgan fingerprint density at radius 3 is 2.76 bits per heavy atom. The van der Waals surface area contributed by atoms with Crippen LogP contribution in [0.1, 0.15) is 36.1 Å². The highest BCUT2D eigenvalue weighted by Crippen LogP contribution is 2.40. The molecule has 5 heterocycles. The number of hydrogen-bond donors (Lipinski definition) is 2. The molecule has 3 amide bonds. The normalized spacial score (nSPS) is 17.6. The number of anilines is 3. The molecule has 3 aromatic heterocycles. The molecule has 0 radical (unpaired) electrons. The molecule has 5 rings (SSSR count). The van der Waals surface area contributed by atoms with Gasteiger partial charge in [-0.3, -0.25) is 15.0 Å². The van der Waals surface area contributed by atoms with E-state index in [1.54, 1.807) is 25.3 Å². The monoisotopic (exact) mass is 549 g/mol. The Morgan fingerprint density at radius 2 is 2.05 bits per heavy atom. The Morgan fingerprint density at radius 1 is 1.26 bits per heavy atom. The van der Waals surface area contributed by atoms with Crippen LogP contribution in [-0.2, 0) is 0 Å². The number of fused-ring (bicyclic) bond motifs is 4. The summed E-state index contributed by atoms with van der Waals surface area (Å²) in [7, 11) is 0. The fourth-order valence-electron chi connectivity index (χ4n) is 4.52. The molecule has 200 valence electrons. The quantitative estimate of drug-likeness (QED) is 0.480. The van der Waals surface area contributed by atoms with E-state index < -0.39 is 29.9 Å². The largest absolute Gasteiger partial charge is 0.441 e. The number of aryl methyl sites for hydroxylation is 1. The molecule has 2 atom stereocenters. The Hall–Kier alpha value is -3.87. The molecule has 1 unspecified atom stereocenters. The van der Waals surface area contributed by atoms with Gasteiger partial charge >= 0.3 is 12.2 Å². The number of alkyl halides is 3. The molecule has 2 bridgehead atoms. The van der Waals surface area contributed by atoms with Crippen LogP contribution in [0.15, 0.2) is 35.0 Å². The summed E-state index contributed by atoms with van der Waals surface area (Å²) in [6.07, 6.45) is -0.0946. The first-order valence-electron chi connectivity index (χ1n) is 11.8. The van der Waals surface area contributed by atoms with Crippen molar-refractivity contribution in [2.45, 2.75) is 44.9 Å². The highest BCUT2D eigenvalue weighted by molar-refractivity contribution is 6.34. The topological polar surface area (TPSA) is 116 Å². The van der Waals surface area contributed by atoms with E-state index in [1.807, 2.05) is 10.2 Å². The zero-order valence-electron chi connectivity index (χ0n) is 20.3. The van der Waals surface area contributed by atoms with Crippen LogP contribution in [0.5, 0.6) is 0 Å². The minimum absolute atomic E-state index is 0.114. The fraction of sp³-hybridized carbons (Fsp3) is 0.375. The van der Waals surface area contributed by atoms with Crippen molar-refractivity contribution >= 4 is 40.9 Å². The molecular formula is C24H23ClF3N7O3. The van der Waals surface area contributed by atoms with E-state index in [9.17, 15) is 22.8 Å². The van der Waals surface area contributed by atoms with Crippen molar-refractivity contribution in [2.75, 3.05) is 28.2 Å². The lowest BCUT2D eigenvalue weighted by molar-refractivity contribution is -0.149. The van der Waals surface area contributed by atoms with Gasteiger partial charge in [-0.25, -0.2) is 19.7 Å². The molecule has 2 N–H and O–H groups in total. The molecular weight excluding hydrogens is 527 g/mol. The van der Waals surface area contributed by atoms with Gasteiger partial charge in [0.25, 0.3) is 5.91 Å². The predicted octanol–water partition coefficient (Wildman–Crippen LogP) is 4.79. The van der Waals surface area contributed by atoms with Crippen molar-refractivity contribution in [3.63, 3.8) is 0 Å². The molecule has 0 aromatic carbocycles. The van der Waals surface area contributed by atoms with E-state index in [4.69, 9.17) is 16.0 Å². The molecule has 0 aliphatic carbocycles. The number of urea groups is 1. The molecule has 2 aliphatic heterocycles. The van der Waals surface area contributed by atoms with Gasteiger partial charge < -0.3 is 14.6 Å². The van der Waals surface area contributed by atoms with Gasteiger partial charge in [0.2, 0.25) is 0 Å². The fourth-order valence-corrected chi connectivity index (χ4v) is 4.75. The number of piperidine rings is 1. The van der Waals surface area contributed by atoms with Crippen LogP contribution in [0.3, 0.4) is 0 Å². The zero-order valence-corrected chi connectivity index (χ0v) is 21.1. The molecule has 10 nitrogen and oxygen atoms in total. The Labute approximate surface area is 220 Å². The highest BCUT2D eigenvalue weighted by Gasteiger charge is 2.41. The van der Waals surface area contributed by atoms with E-state index in [2.05, 4.69) is 20.3 Å². The summed E-state index contributed by atoms with van der Waals surface area (Å²) in [4.78, 5) is 42.3. The minimum atomic E-state index is -4.64. The van der Waals surface area contributed by atoms with Crippen molar-refractivity contribution in [1.29, 1.82) is 0 Å². The van der Waals surface area contributed by atoms with Crippen molar-refractivity contribution in [1.82, 2.24) is 20.3 Å². The van der Waals surface area contributed by atoms with Crippen molar-refractivity contribution < 1.29 is 27.2 Å². The molecule has 0 spiro atoms. The van der Waals surface area contributed by atoms with Gasteiger partial charge in [-0.2, -0.15) is 13.2 Å². The van der Waals surface area contributed by atoms with E-state index in [1.165, 1.54) is 17.2 Å². The van der Waals surface area contributed by atoms with Gasteiger partial charge in [-0.05, 0) is 38.0 Å². The lowest BCUT2D eigenvalue weighted by Gasteiger charge is -2.45. The molecule has 14 heteroatoms. The number of hydrogen-bond acceptors (Lipinski definition) is 7. The maximum atomic E-state index is 13.6. The molecule has 2 aliphatic rings. The number of rotatable bonds is 4. The maximum absolute atomic E-state index is 13.6. The average Bonchev–Trinajstić information content (AvgIpc) is 3.30. The number of aromatic nitrogens is 3. The summed E-state index contributed by atoms with van der Waals surface area (Å²) in [5.74, 6) is 0.280. The van der Waals surface area contributed by atoms with E-state index in [0.29, 0.717) is 42.4 Å². The van der Waals surface area contributed by atoms with Crippen LogP contribution in [0.25, 0.3) is 11.3 Å². The number of carbonyl (C=O) groups excluding carboxylic acids is 2. The van der Waals surface area contributed by atoms with Crippen LogP contribution in [0.2, 0.25) is 5.02 Å². The highest BCUT2D eigenvalue weighted by atomic mass is 35.5. The van der Waals surface area contributed by atoms with Gasteiger partial charge in [-0.15, -0.1) is 0 Å². The van der Waals surface area contributed by atoms with Crippen LogP contribution >= 0.6 is 11.6 Å². The smallest absolute Gasteiger partial charge is 0.408 e. The van der Waals surface area contributed by atoms with Gasteiger partial charge in [0, 0.05) is 31.8 Å². The Kier molecular flexibility index (Phi) is 6.63. The van der Waals surface area contributed by atoms with Gasteiger partial charge in [-0.1, -0.05) is 11.6 Å². The summed E-state index contributed by atoms with van der Waals surface area (Å²) in [5, 5.41) is 4.52. The lowest BCUT2D eigenvalue weighted by Crippen LogP contribution is -2.56. The van der Waals surface area contributed by atoms with Gasteiger partial charge in [0.15, 0.2) is 17.5 Å². The second-order valence-corrected chi connectivity index (χ2v) is 9.52. The number of amides is 3. The summed E-state index contributed by atoms with van der Waals surface area (Å²) in [5.41, 5.74) is 0.767. The molecule has 1 saturated heterocycles. The zero-order chi connectivity index (χ0) is 27.2. The first kappa shape index (κ1) is 25.8. The van der Waals surface area contributed by atoms with Gasteiger partial charge in [0.05, 0.1) is 22.9 Å². The van der Waals surface area contributed by atoms with Gasteiger partial charge in [0.1, 0.15) is 17.6 Å². The summed E-state index contributed by atoms with van der Waals surface area (Å²) in [6.45, 7) is 3.74. The lowest BCUT2D eigenvalue weighted by atomic mass is 9.99. The number of nitrogens with one attached hydrogen (secondary N) is 2. The molecule has 3 aromatic rings. The Balaban J connectivity index is 1.47. The number of pyridine rings is 2. The third-order valence-corrected chi connectivity index (χ3v) is 6.73. The van der Waals surface area contributed by atoms with Crippen LogP contribution in [0, 0.1) is 6.92 Å². The summed E-state index contributed by atoms with van der Waals surface area (Å²) in [6, 6.07) is 1.85. The SMILES string of the molecule is Cc1ncc(-c2ccnc(NC(=O)N3c4nc(C(=O)NC(C)C(F)(F)F)c(Cl)cc4N4CCC[C@H]3C4)c2)o1. The summed E-state index contributed by atoms with van der Waals surface area (Å²) < 4.78 is 44.6. The maximum Gasteiger partial charge on any atom is 0.408 e.